The monoisotopic (exact) mass is 581 g/mol. The number of aromatic nitrogens is 5. The molecule has 4 aromatic rings. The zero-order valence-corrected chi connectivity index (χ0v) is 22.9. The minimum absolute atomic E-state index is 0.102. The van der Waals surface area contributed by atoms with Crippen LogP contribution in [0.25, 0.3) is 27.7 Å². The van der Waals surface area contributed by atoms with Gasteiger partial charge in [-0.25, -0.2) is 14.3 Å². The van der Waals surface area contributed by atoms with Crippen molar-refractivity contribution in [1.29, 1.82) is 0 Å². The van der Waals surface area contributed by atoms with E-state index in [0.29, 0.717) is 27.9 Å². The van der Waals surface area contributed by atoms with Crippen LogP contribution in [0.3, 0.4) is 0 Å². The molecule has 2 unspecified atom stereocenters. The van der Waals surface area contributed by atoms with Gasteiger partial charge in [0.05, 0.1) is 60.6 Å². The predicted octanol–water partition coefficient (Wildman–Crippen LogP) is 3.06. The smallest absolute Gasteiger partial charge is 0.407 e. The lowest BCUT2D eigenvalue weighted by molar-refractivity contribution is -0.143. The second-order valence-electron chi connectivity index (χ2n) is 11.4. The Labute approximate surface area is 237 Å². The van der Waals surface area contributed by atoms with Gasteiger partial charge in [0.15, 0.2) is 0 Å². The average molecular weight is 582 g/mol. The van der Waals surface area contributed by atoms with Crippen LogP contribution in [-0.2, 0) is 27.4 Å². The number of hydrogen-bond acceptors (Lipinski definition) is 7. The summed E-state index contributed by atoms with van der Waals surface area (Å²) in [7, 11) is 0. The van der Waals surface area contributed by atoms with Gasteiger partial charge in [-0.05, 0) is 29.2 Å². The van der Waals surface area contributed by atoms with Gasteiger partial charge in [-0.3, -0.25) is 19.2 Å². The number of carbonyl (C=O) groups is 3. The number of ether oxygens (including phenoxy) is 1. The number of morpholine rings is 1. The fraction of sp³-hybridized carbons (Fsp3) is 0.407. The Morgan fingerprint density at radius 2 is 1.98 bits per heavy atom. The summed E-state index contributed by atoms with van der Waals surface area (Å²) < 4.78 is 23.9. The summed E-state index contributed by atoms with van der Waals surface area (Å²) in [6.45, 7) is 4.68. The van der Waals surface area contributed by atoms with Crippen molar-refractivity contribution in [2.24, 2.45) is 17.3 Å². The highest BCUT2D eigenvalue weighted by Crippen LogP contribution is 2.63. The molecule has 0 bridgehead atoms. The van der Waals surface area contributed by atoms with Gasteiger partial charge in [0, 0.05) is 23.3 Å². The first-order valence-electron chi connectivity index (χ1n) is 13.2. The Balaban J connectivity index is 1.26. The van der Waals surface area contributed by atoms with Crippen LogP contribution in [0.1, 0.15) is 19.4 Å². The molecule has 1 N–H and O–H groups in total. The predicted molar refractivity (Wildman–Crippen MR) is 142 cm³/mol. The number of fused-ring (bicyclic) bond motifs is 3. The minimum Gasteiger partial charge on any atom is -0.465 e. The van der Waals surface area contributed by atoms with Crippen LogP contribution in [0.2, 0.25) is 5.02 Å². The van der Waals surface area contributed by atoms with Crippen molar-refractivity contribution >= 4 is 45.9 Å². The number of hydrogen-bond donors (Lipinski definition) is 1. The van der Waals surface area contributed by atoms with Crippen molar-refractivity contribution in [3.05, 3.63) is 47.3 Å². The van der Waals surface area contributed by atoms with E-state index in [-0.39, 0.29) is 72.3 Å². The molecule has 3 fully saturated rings. The summed E-state index contributed by atoms with van der Waals surface area (Å²) in [5.41, 5.74) is 2.31. The van der Waals surface area contributed by atoms with Crippen LogP contribution >= 0.6 is 11.6 Å². The fourth-order valence-corrected chi connectivity index (χ4v) is 6.59. The Morgan fingerprint density at radius 3 is 2.71 bits per heavy atom. The average Bonchev–Trinajstić information content (AvgIpc) is 3.20. The molecule has 1 aliphatic carbocycles. The zero-order chi connectivity index (χ0) is 28.8. The highest BCUT2D eigenvalue weighted by atomic mass is 35.5. The largest absolute Gasteiger partial charge is 0.465 e. The third kappa shape index (κ3) is 3.97. The van der Waals surface area contributed by atoms with Crippen molar-refractivity contribution < 1.29 is 28.6 Å². The lowest BCUT2D eigenvalue weighted by atomic mass is 10.1. The number of carboxylic acid groups (broad SMARTS) is 1. The van der Waals surface area contributed by atoms with Crippen LogP contribution in [0.15, 0.2) is 30.7 Å². The summed E-state index contributed by atoms with van der Waals surface area (Å²) in [5.74, 6) is -1.59. The van der Waals surface area contributed by atoms with E-state index in [4.69, 9.17) is 16.3 Å². The second kappa shape index (κ2) is 8.95. The zero-order valence-electron chi connectivity index (χ0n) is 22.1. The Kier molecular flexibility index (Phi) is 5.64. The number of benzene rings is 1. The second-order valence-corrected chi connectivity index (χ2v) is 11.8. The number of piperidine rings is 1. The van der Waals surface area contributed by atoms with Crippen LogP contribution in [0, 0.1) is 23.2 Å². The number of halogens is 2. The van der Waals surface area contributed by atoms with Crippen LogP contribution in [0.4, 0.5) is 9.18 Å². The molecule has 3 atom stereocenters. The quantitative estimate of drug-likeness (QED) is 0.355. The maximum absolute atomic E-state index is 15.1. The van der Waals surface area contributed by atoms with E-state index in [1.54, 1.807) is 22.8 Å². The molecule has 7 rings (SSSR count). The minimum atomic E-state index is -1.05. The van der Waals surface area contributed by atoms with Gasteiger partial charge >= 0.3 is 6.09 Å². The third-order valence-corrected chi connectivity index (χ3v) is 8.72. The standard InChI is InChI=1S/C27H25ClFN7O5/c1-27(2)19-20(27)25(38)34(24(19)37)8-13-5-18-21(30-12-31-35(18)9-13)16-6-14(28)7-17-22(16)36(32-23(17)29)11-15-10-33(26(39)40)3-4-41-15/h5-7,9,12,15,19-20H,3-4,8,10-11H2,1-2H3,(H,39,40)/t15-,19?,20?/m0/s1. The molecule has 3 amide bonds. The highest BCUT2D eigenvalue weighted by Gasteiger charge is 2.72. The van der Waals surface area contributed by atoms with Gasteiger partial charge in [-0.1, -0.05) is 25.4 Å². The van der Waals surface area contributed by atoms with Gasteiger partial charge in [0.1, 0.15) is 12.0 Å². The van der Waals surface area contributed by atoms with Crippen LogP contribution in [0.5, 0.6) is 0 Å². The van der Waals surface area contributed by atoms with Crippen molar-refractivity contribution in [1.82, 2.24) is 34.2 Å². The summed E-state index contributed by atoms with van der Waals surface area (Å²) in [5, 5.41) is 18.2. The summed E-state index contributed by atoms with van der Waals surface area (Å²) >= 11 is 6.41. The van der Waals surface area contributed by atoms with Crippen molar-refractivity contribution in [2.45, 2.75) is 33.0 Å². The van der Waals surface area contributed by atoms with E-state index in [1.807, 2.05) is 13.8 Å². The first-order valence-corrected chi connectivity index (χ1v) is 13.5. The molecule has 12 nitrogen and oxygen atoms in total. The molecule has 212 valence electrons. The fourth-order valence-electron chi connectivity index (χ4n) is 6.37. The molecule has 41 heavy (non-hydrogen) atoms. The topological polar surface area (TPSA) is 135 Å². The molecule has 14 heteroatoms. The van der Waals surface area contributed by atoms with E-state index in [2.05, 4.69) is 15.2 Å². The van der Waals surface area contributed by atoms with Crippen LogP contribution in [-0.4, -0.2) is 83.0 Å². The molecular weight excluding hydrogens is 557 g/mol. The molecule has 0 radical (unpaired) electrons. The summed E-state index contributed by atoms with van der Waals surface area (Å²) in [4.78, 5) is 44.3. The summed E-state index contributed by atoms with van der Waals surface area (Å²) in [6, 6.07) is 4.93. The SMILES string of the molecule is CC1(C)C2C(=O)N(Cc3cc4c(-c5cc(Cl)cc6c(F)nn(C[C@@H]7CN(C(=O)O)CCO7)c56)ncnn4c3)C(=O)C21. The van der Waals surface area contributed by atoms with E-state index in [9.17, 15) is 19.5 Å². The van der Waals surface area contributed by atoms with Crippen molar-refractivity contribution in [3.8, 4) is 11.3 Å². The first kappa shape index (κ1) is 25.8. The number of carbonyl (C=O) groups excluding carboxylic acids is 2. The molecule has 1 aromatic carbocycles. The molecular formula is C27H25ClFN7O5. The number of likely N-dealkylation sites (tertiary alicyclic amines) is 1. The molecule has 0 spiro atoms. The molecule has 5 heterocycles. The van der Waals surface area contributed by atoms with Gasteiger partial charge in [0.2, 0.25) is 17.8 Å². The normalized spacial score (nSPS) is 23.6. The number of imide groups is 1. The third-order valence-electron chi connectivity index (χ3n) is 8.50. The maximum atomic E-state index is 15.1. The Hall–Kier alpha value is -4.10. The first-order chi connectivity index (χ1) is 19.5. The van der Waals surface area contributed by atoms with Gasteiger partial charge in [-0.2, -0.15) is 9.49 Å². The van der Waals surface area contributed by atoms with E-state index in [1.165, 1.54) is 26.9 Å². The van der Waals surface area contributed by atoms with Gasteiger partial charge in [-0.15, -0.1) is 5.10 Å². The maximum Gasteiger partial charge on any atom is 0.407 e. The van der Waals surface area contributed by atoms with Crippen LogP contribution < -0.4 is 0 Å². The number of amides is 3. The van der Waals surface area contributed by atoms with Gasteiger partial charge < -0.3 is 14.7 Å². The van der Waals surface area contributed by atoms with E-state index >= 15 is 4.39 Å². The Morgan fingerprint density at radius 1 is 1.22 bits per heavy atom. The summed E-state index contributed by atoms with van der Waals surface area (Å²) in [6.07, 6.45) is 1.50. The lowest BCUT2D eigenvalue weighted by Gasteiger charge is -2.31. The number of rotatable bonds is 5. The van der Waals surface area contributed by atoms with Gasteiger partial charge in [0.25, 0.3) is 0 Å². The Bertz CT molecular complexity index is 1760. The van der Waals surface area contributed by atoms with E-state index in [0.717, 1.165) is 0 Å². The lowest BCUT2D eigenvalue weighted by Crippen LogP contribution is -2.46. The van der Waals surface area contributed by atoms with E-state index < -0.39 is 18.1 Å². The molecule has 1 saturated carbocycles. The number of nitrogens with zero attached hydrogens (tertiary/aromatic N) is 7. The van der Waals surface area contributed by atoms with Crippen molar-refractivity contribution in [3.63, 3.8) is 0 Å². The molecule has 2 aliphatic heterocycles. The van der Waals surface area contributed by atoms with Crippen molar-refractivity contribution in [2.75, 3.05) is 19.7 Å². The molecule has 2 saturated heterocycles. The molecule has 3 aromatic heterocycles. The molecule has 3 aliphatic rings. The highest BCUT2D eigenvalue weighted by molar-refractivity contribution is 6.32.